The lowest BCUT2D eigenvalue weighted by molar-refractivity contribution is 1.18. The van der Waals surface area contributed by atoms with Gasteiger partial charge in [0.2, 0.25) is 0 Å². The summed E-state index contributed by atoms with van der Waals surface area (Å²) >= 11 is 1.85. The first kappa shape index (κ1) is 35.2. The third kappa shape index (κ3) is 6.01. The van der Waals surface area contributed by atoms with Gasteiger partial charge in [-0.1, -0.05) is 194 Å². The molecule has 3 heteroatoms. The maximum absolute atomic E-state index is 5.45. The monoisotopic (exact) mass is 792 g/mol. The quantitative estimate of drug-likeness (QED) is 0.124. The van der Waals surface area contributed by atoms with Crippen LogP contribution in [0.3, 0.4) is 0 Å². The fourth-order valence-electron chi connectivity index (χ4n) is 9.29. The maximum atomic E-state index is 5.45. The summed E-state index contributed by atoms with van der Waals surface area (Å²) in [6, 6.07) is 78.6. The minimum Gasteiger partial charge on any atom is -0.228 e. The Morgan fingerprint density at radius 1 is 0.295 bits per heavy atom. The third-order valence-corrected chi connectivity index (χ3v) is 13.2. The molecule has 0 aliphatic heterocycles. The van der Waals surface area contributed by atoms with Gasteiger partial charge in [-0.05, 0) is 90.0 Å². The molecule has 10 aromatic carbocycles. The predicted molar refractivity (Wildman–Crippen MR) is 260 cm³/mol. The minimum atomic E-state index is 0.685. The zero-order valence-corrected chi connectivity index (χ0v) is 33.9. The molecule has 0 amide bonds. The first-order valence-electron chi connectivity index (χ1n) is 20.7. The van der Waals surface area contributed by atoms with Gasteiger partial charge in [-0.15, -0.1) is 11.3 Å². The van der Waals surface area contributed by atoms with Gasteiger partial charge < -0.3 is 0 Å². The van der Waals surface area contributed by atoms with Crippen molar-refractivity contribution in [3.05, 3.63) is 218 Å². The van der Waals surface area contributed by atoms with E-state index in [1.54, 1.807) is 0 Å². The molecule has 0 aliphatic rings. The molecule has 0 bridgehead atoms. The smallest absolute Gasteiger partial charge is 0.160 e. The van der Waals surface area contributed by atoms with Crippen molar-refractivity contribution in [1.29, 1.82) is 0 Å². The van der Waals surface area contributed by atoms with Crippen molar-refractivity contribution in [2.45, 2.75) is 0 Å². The van der Waals surface area contributed by atoms with Crippen LogP contribution >= 0.6 is 11.3 Å². The largest absolute Gasteiger partial charge is 0.228 e. The number of nitrogens with zero attached hydrogens (tertiary/aromatic N) is 2. The molecule has 284 valence electrons. The molecule has 2 aromatic heterocycles. The summed E-state index contributed by atoms with van der Waals surface area (Å²) in [5.74, 6) is 0.685. The van der Waals surface area contributed by atoms with Gasteiger partial charge >= 0.3 is 0 Å². The standard InChI is InChI=1S/C58H36N2S/c1-2-15-37(16-3-1)42-19-8-10-23-46(42)52-36-53(47-24-11-9-22-45(47)48-26-14-28-55-57(48)50-25-12-13-27-54(50)61-55)60-58(59-52)40-31-29-39(30-32-40)56-44-21-7-5-18-41(44)35-51-43-20-6-4-17-38(43)33-34-49(51)56/h1-36H. The van der Waals surface area contributed by atoms with Gasteiger partial charge in [-0.2, -0.15) is 0 Å². The SMILES string of the molecule is c1ccc(-c2ccccc2-c2cc(-c3ccccc3-c3cccc4sc5ccccc5c34)nc(-c3ccc(-c4c5ccccc5cc5c4ccc4ccccc45)cc3)n2)cc1. The van der Waals surface area contributed by atoms with Gasteiger partial charge in [0.1, 0.15) is 0 Å². The normalized spacial score (nSPS) is 11.6. The lowest BCUT2D eigenvalue weighted by Crippen LogP contribution is -1.98. The summed E-state index contributed by atoms with van der Waals surface area (Å²) in [7, 11) is 0. The van der Waals surface area contributed by atoms with Gasteiger partial charge in [0.15, 0.2) is 5.82 Å². The summed E-state index contributed by atoms with van der Waals surface area (Å²) < 4.78 is 2.57. The molecular weight excluding hydrogens is 757 g/mol. The number of aromatic nitrogens is 2. The highest BCUT2D eigenvalue weighted by Crippen LogP contribution is 2.44. The van der Waals surface area contributed by atoms with Crippen LogP contribution in [0.25, 0.3) is 120 Å². The number of thiophene rings is 1. The Kier molecular flexibility index (Phi) is 8.39. The van der Waals surface area contributed by atoms with Crippen LogP contribution in [0.1, 0.15) is 0 Å². The van der Waals surface area contributed by atoms with Crippen molar-refractivity contribution in [2.75, 3.05) is 0 Å². The molecule has 0 atom stereocenters. The molecular formula is C58H36N2S. The third-order valence-electron chi connectivity index (χ3n) is 12.1. The van der Waals surface area contributed by atoms with Gasteiger partial charge in [-0.3, -0.25) is 0 Å². The van der Waals surface area contributed by atoms with Crippen LogP contribution < -0.4 is 0 Å². The van der Waals surface area contributed by atoms with Crippen molar-refractivity contribution in [3.63, 3.8) is 0 Å². The van der Waals surface area contributed by atoms with Crippen molar-refractivity contribution < 1.29 is 0 Å². The van der Waals surface area contributed by atoms with Crippen LogP contribution in [0, 0.1) is 0 Å². The summed E-state index contributed by atoms with van der Waals surface area (Å²) in [6.07, 6.45) is 0. The fraction of sp³-hybridized carbons (Fsp3) is 0. The molecule has 0 aliphatic carbocycles. The van der Waals surface area contributed by atoms with E-state index in [2.05, 4.69) is 218 Å². The van der Waals surface area contributed by atoms with E-state index in [4.69, 9.17) is 9.97 Å². The number of rotatable bonds is 6. The highest BCUT2D eigenvalue weighted by atomic mass is 32.1. The lowest BCUT2D eigenvalue weighted by Gasteiger charge is -2.16. The number of fused-ring (bicyclic) bond motifs is 7. The highest BCUT2D eigenvalue weighted by Gasteiger charge is 2.19. The first-order chi connectivity index (χ1) is 30.2. The fourth-order valence-corrected chi connectivity index (χ4v) is 10.4. The molecule has 12 rings (SSSR count). The van der Waals surface area contributed by atoms with Crippen molar-refractivity contribution >= 4 is 63.8 Å². The van der Waals surface area contributed by atoms with E-state index in [-0.39, 0.29) is 0 Å². The van der Waals surface area contributed by atoms with E-state index in [0.29, 0.717) is 5.82 Å². The number of benzene rings is 10. The van der Waals surface area contributed by atoms with E-state index in [1.165, 1.54) is 63.6 Å². The van der Waals surface area contributed by atoms with E-state index in [0.717, 1.165) is 50.3 Å². The molecule has 61 heavy (non-hydrogen) atoms. The highest BCUT2D eigenvalue weighted by molar-refractivity contribution is 7.25. The van der Waals surface area contributed by atoms with E-state index < -0.39 is 0 Å². The minimum absolute atomic E-state index is 0.685. The number of hydrogen-bond acceptors (Lipinski definition) is 3. The molecule has 0 saturated heterocycles. The Hall–Kier alpha value is -7.72. The van der Waals surface area contributed by atoms with Gasteiger partial charge in [0.25, 0.3) is 0 Å². The van der Waals surface area contributed by atoms with E-state index in [9.17, 15) is 0 Å². The number of hydrogen-bond donors (Lipinski definition) is 0. The van der Waals surface area contributed by atoms with Crippen molar-refractivity contribution in [1.82, 2.24) is 9.97 Å². The zero-order valence-electron chi connectivity index (χ0n) is 33.1. The van der Waals surface area contributed by atoms with Crippen LogP contribution in [0.2, 0.25) is 0 Å². The molecule has 0 spiro atoms. The van der Waals surface area contributed by atoms with Gasteiger partial charge in [-0.25, -0.2) is 9.97 Å². The molecule has 0 N–H and O–H groups in total. The average Bonchev–Trinajstić information content (AvgIpc) is 3.73. The molecule has 2 heterocycles. The molecule has 0 fully saturated rings. The summed E-state index contributed by atoms with van der Waals surface area (Å²) in [6.45, 7) is 0. The Labute approximate surface area is 357 Å². The van der Waals surface area contributed by atoms with Crippen LogP contribution in [-0.4, -0.2) is 9.97 Å². The van der Waals surface area contributed by atoms with Crippen molar-refractivity contribution in [3.8, 4) is 67.3 Å². The van der Waals surface area contributed by atoms with Crippen LogP contribution in [0.4, 0.5) is 0 Å². The second-order valence-corrected chi connectivity index (χ2v) is 16.7. The molecule has 2 nitrogen and oxygen atoms in total. The van der Waals surface area contributed by atoms with Crippen LogP contribution in [0.5, 0.6) is 0 Å². The Morgan fingerprint density at radius 3 is 1.66 bits per heavy atom. The lowest BCUT2D eigenvalue weighted by atomic mass is 9.89. The van der Waals surface area contributed by atoms with Gasteiger partial charge in [0.05, 0.1) is 11.4 Å². The average molecular weight is 793 g/mol. The molecule has 0 radical (unpaired) electrons. The van der Waals surface area contributed by atoms with E-state index in [1.807, 2.05) is 11.3 Å². The molecule has 0 saturated carbocycles. The van der Waals surface area contributed by atoms with Crippen molar-refractivity contribution in [2.24, 2.45) is 0 Å². The Bertz CT molecular complexity index is 3640. The predicted octanol–water partition coefficient (Wildman–Crippen LogP) is 16.3. The first-order valence-corrected chi connectivity index (χ1v) is 21.5. The second-order valence-electron chi connectivity index (χ2n) is 15.6. The summed E-state index contributed by atoms with van der Waals surface area (Å²) in [5, 5.41) is 10.0. The zero-order chi connectivity index (χ0) is 40.3. The molecule has 12 aromatic rings. The second kappa shape index (κ2) is 14.5. The van der Waals surface area contributed by atoms with E-state index >= 15 is 0 Å². The Morgan fingerprint density at radius 2 is 0.869 bits per heavy atom. The topological polar surface area (TPSA) is 25.8 Å². The summed E-state index contributed by atoms with van der Waals surface area (Å²) in [5.41, 5.74) is 11.9. The van der Waals surface area contributed by atoms with Crippen LogP contribution in [0.15, 0.2) is 218 Å². The Balaban J connectivity index is 1.06. The molecule has 0 unspecified atom stereocenters. The van der Waals surface area contributed by atoms with Gasteiger partial charge in [0, 0.05) is 36.9 Å². The maximum Gasteiger partial charge on any atom is 0.160 e. The van der Waals surface area contributed by atoms with Crippen LogP contribution in [-0.2, 0) is 0 Å². The summed E-state index contributed by atoms with van der Waals surface area (Å²) in [4.78, 5) is 10.8.